The molecular weight excluding hydrogens is 362 g/mol. The fourth-order valence-corrected chi connectivity index (χ4v) is 4.72. The molecule has 5 heteroatoms. The van der Waals surface area contributed by atoms with Gasteiger partial charge in [0.1, 0.15) is 0 Å². The van der Waals surface area contributed by atoms with E-state index in [9.17, 15) is 9.59 Å². The number of hydrogen-bond donors (Lipinski definition) is 3. The van der Waals surface area contributed by atoms with E-state index in [0.717, 1.165) is 24.9 Å². The van der Waals surface area contributed by atoms with Crippen LogP contribution in [0.15, 0.2) is 24.3 Å². The Balaban J connectivity index is 1.63. The third kappa shape index (κ3) is 6.65. The van der Waals surface area contributed by atoms with Crippen molar-refractivity contribution in [2.24, 2.45) is 5.73 Å². The summed E-state index contributed by atoms with van der Waals surface area (Å²) in [4.78, 5) is 23.6. The molecule has 2 unspecified atom stereocenters. The first-order chi connectivity index (χ1) is 14.2. The lowest BCUT2D eigenvalue weighted by atomic mass is 9.88. The van der Waals surface area contributed by atoms with Gasteiger partial charge in [0.25, 0.3) is 0 Å². The van der Waals surface area contributed by atoms with Crippen LogP contribution in [0.5, 0.6) is 0 Å². The maximum absolute atomic E-state index is 12.2. The van der Waals surface area contributed by atoms with Gasteiger partial charge in [0.2, 0.25) is 11.8 Å². The molecule has 2 amide bonds. The average molecular weight is 400 g/mol. The molecule has 1 aliphatic carbocycles. The standard InChI is InChI=1S/C24H37N3O2/c25-17-7-2-1-6-10-22(26-20-8-4-3-5-9-20)19-13-11-18(12-14-19)21-15-16-23(28)27-24(21)29/h11-14,20-22,26H,1-10,15-17,25H2,(H,27,28,29). The summed E-state index contributed by atoms with van der Waals surface area (Å²) in [7, 11) is 0. The fraction of sp³-hybridized carbons (Fsp3) is 0.667. The third-order valence-corrected chi connectivity index (χ3v) is 6.47. The van der Waals surface area contributed by atoms with Crippen LogP contribution in [0.25, 0.3) is 0 Å². The largest absolute Gasteiger partial charge is 0.330 e. The second-order valence-electron chi connectivity index (χ2n) is 8.72. The van der Waals surface area contributed by atoms with Crippen molar-refractivity contribution >= 4 is 11.8 Å². The number of carbonyl (C=O) groups is 2. The van der Waals surface area contributed by atoms with Crippen molar-refractivity contribution in [3.8, 4) is 0 Å². The number of rotatable bonds is 10. The molecule has 160 valence electrons. The normalized spacial score (nSPS) is 21.8. The highest BCUT2D eigenvalue weighted by Gasteiger charge is 2.28. The van der Waals surface area contributed by atoms with Crippen LogP contribution in [0.4, 0.5) is 0 Å². The van der Waals surface area contributed by atoms with Crippen molar-refractivity contribution < 1.29 is 9.59 Å². The summed E-state index contributed by atoms with van der Waals surface area (Å²) < 4.78 is 0. The number of piperidine rings is 1. The van der Waals surface area contributed by atoms with Gasteiger partial charge in [-0.15, -0.1) is 0 Å². The molecule has 0 bridgehead atoms. The van der Waals surface area contributed by atoms with Crippen molar-refractivity contribution in [1.82, 2.24) is 10.6 Å². The minimum absolute atomic E-state index is 0.158. The number of nitrogens with one attached hydrogen (secondary N) is 2. The van der Waals surface area contributed by atoms with E-state index in [1.807, 2.05) is 0 Å². The van der Waals surface area contributed by atoms with E-state index in [1.54, 1.807) is 0 Å². The minimum Gasteiger partial charge on any atom is -0.330 e. The minimum atomic E-state index is -0.206. The van der Waals surface area contributed by atoms with Crippen LogP contribution >= 0.6 is 0 Å². The van der Waals surface area contributed by atoms with Crippen molar-refractivity contribution in [2.45, 2.75) is 95.1 Å². The highest BCUT2D eigenvalue weighted by atomic mass is 16.2. The van der Waals surface area contributed by atoms with E-state index in [2.05, 4.69) is 34.9 Å². The molecule has 0 radical (unpaired) electrons. The predicted molar refractivity (Wildman–Crippen MR) is 116 cm³/mol. The molecule has 2 aliphatic rings. The number of amides is 2. The number of benzene rings is 1. The van der Waals surface area contributed by atoms with Crippen molar-refractivity contribution in [2.75, 3.05) is 6.54 Å². The highest BCUT2D eigenvalue weighted by molar-refractivity contribution is 6.00. The lowest BCUT2D eigenvalue weighted by Gasteiger charge is -2.29. The van der Waals surface area contributed by atoms with Gasteiger partial charge in [-0.25, -0.2) is 0 Å². The summed E-state index contributed by atoms with van der Waals surface area (Å²) >= 11 is 0. The van der Waals surface area contributed by atoms with E-state index < -0.39 is 0 Å². The van der Waals surface area contributed by atoms with E-state index in [1.165, 1.54) is 56.9 Å². The molecular formula is C24H37N3O2. The molecule has 1 saturated heterocycles. The van der Waals surface area contributed by atoms with E-state index in [-0.39, 0.29) is 17.7 Å². The zero-order valence-electron chi connectivity index (χ0n) is 17.6. The van der Waals surface area contributed by atoms with Gasteiger partial charge in [0.15, 0.2) is 0 Å². The predicted octanol–water partition coefficient (Wildman–Crippen LogP) is 4.08. The molecule has 5 nitrogen and oxygen atoms in total. The lowest BCUT2D eigenvalue weighted by molar-refractivity contribution is -0.134. The van der Waals surface area contributed by atoms with Gasteiger partial charge in [-0.1, -0.05) is 62.8 Å². The summed E-state index contributed by atoms with van der Waals surface area (Å²) in [5, 5.41) is 6.39. The van der Waals surface area contributed by atoms with Crippen LogP contribution in [0, 0.1) is 0 Å². The second-order valence-corrected chi connectivity index (χ2v) is 8.72. The van der Waals surface area contributed by atoms with Crippen LogP contribution in [0.1, 0.15) is 100 Å². The molecule has 0 spiro atoms. The Bertz CT molecular complexity index is 653. The van der Waals surface area contributed by atoms with Crippen molar-refractivity contribution in [1.29, 1.82) is 0 Å². The number of carbonyl (C=O) groups excluding carboxylic acids is 2. The Morgan fingerprint density at radius 2 is 1.69 bits per heavy atom. The summed E-state index contributed by atoms with van der Waals surface area (Å²) in [6.07, 6.45) is 13.5. The molecule has 1 aliphatic heterocycles. The van der Waals surface area contributed by atoms with Gasteiger partial charge >= 0.3 is 0 Å². The molecule has 1 aromatic carbocycles. The van der Waals surface area contributed by atoms with E-state index in [0.29, 0.717) is 24.9 Å². The van der Waals surface area contributed by atoms with E-state index >= 15 is 0 Å². The number of unbranched alkanes of at least 4 members (excludes halogenated alkanes) is 3. The maximum Gasteiger partial charge on any atom is 0.234 e. The molecule has 29 heavy (non-hydrogen) atoms. The first kappa shape index (κ1) is 22.0. The van der Waals surface area contributed by atoms with Gasteiger partial charge in [0, 0.05) is 18.5 Å². The van der Waals surface area contributed by atoms with Gasteiger partial charge in [-0.3, -0.25) is 14.9 Å². The molecule has 2 fully saturated rings. The van der Waals surface area contributed by atoms with Crippen LogP contribution in [0.3, 0.4) is 0 Å². The Hall–Kier alpha value is -1.72. The summed E-state index contributed by atoms with van der Waals surface area (Å²) in [5.41, 5.74) is 7.94. The molecule has 0 aromatic heterocycles. The van der Waals surface area contributed by atoms with Crippen LogP contribution in [-0.2, 0) is 9.59 Å². The van der Waals surface area contributed by atoms with Crippen molar-refractivity contribution in [3.63, 3.8) is 0 Å². The second kappa shape index (κ2) is 11.5. The zero-order valence-corrected chi connectivity index (χ0v) is 17.6. The highest BCUT2D eigenvalue weighted by Crippen LogP contribution is 2.29. The maximum atomic E-state index is 12.2. The van der Waals surface area contributed by atoms with Crippen LogP contribution in [0.2, 0.25) is 0 Å². The van der Waals surface area contributed by atoms with Gasteiger partial charge < -0.3 is 11.1 Å². The van der Waals surface area contributed by atoms with Gasteiger partial charge in [-0.2, -0.15) is 0 Å². The summed E-state index contributed by atoms with van der Waals surface area (Å²) in [6.45, 7) is 0.783. The summed E-state index contributed by atoms with van der Waals surface area (Å²) in [5.74, 6) is -0.525. The van der Waals surface area contributed by atoms with Gasteiger partial charge in [0.05, 0.1) is 5.92 Å². The molecule has 4 N–H and O–H groups in total. The molecule has 3 rings (SSSR count). The Labute approximate surface area is 175 Å². The zero-order chi connectivity index (χ0) is 20.5. The van der Waals surface area contributed by atoms with Gasteiger partial charge in [-0.05, 0) is 49.8 Å². The lowest BCUT2D eigenvalue weighted by Crippen LogP contribution is -2.39. The monoisotopic (exact) mass is 399 g/mol. The first-order valence-electron chi connectivity index (χ1n) is 11.6. The topological polar surface area (TPSA) is 84.2 Å². The Morgan fingerprint density at radius 1 is 0.966 bits per heavy atom. The number of nitrogens with two attached hydrogens (primary N) is 1. The fourth-order valence-electron chi connectivity index (χ4n) is 4.72. The molecule has 1 aromatic rings. The smallest absolute Gasteiger partial charge is 0.234 e. The molecule has 2 atom stereocenters. The SMILES string of the molecule is NCCCCCCC(NC1CCCCC1)c1ccc(C2CCC(=O)NC2=O)cc1. The number of hydrogen-bond acceptors (Lipinski definition) is 4. The molecule has 1 saturated carbocycles. The van der Waals surface area contributed by atoms with Crippen LogP contribution < -0.4 is 16.4 Å². The van der Waals surface area contributed by atoms with Crippen molar-refractivity contribution in [3.05, 3.63) is 35.4 Å². The summed E-state index contributed by atoms with van der Waals surface area (Å²) in [6, 6.07) is 9.51. The van der Waals surface area contributed by atoms with Crippen LogP contribution in [-0.4, -0.2) is 24.4 Å². The Kier molecular flexibility index (Phi) is 8.69. The van der Waals surface area contributed by atoms with E-state index in [4.69, 9.17) is 5.73 Å². The third-order valence-electron chi connectivity index (χ3n) is 6.47. The first-order valence-corrected chi connectivity index (χ1v) is 11.6. The Morgan fingerprint density at radius 3 is 2.38 bits per heavy atom. The quantitative estimate of drug-likeness (QED) is 0.409. The molecule has 1 heterocycles. The average Bonchev–Trinajstić information content (AvgIpc) is 2.74. The number of imide groups is 1.